The van der Waals surface area contributed by atoms with Crippen LogP contribution < -0.4 is 5.32 Å². The molecule has 0 radical (unpaired) electrons. The minimum atomic E-state index is -0.858. The van der Waals surface area contributed by atoms with Gasteiger partial charge in [0.1, 0.15) is 0 Å². The van der Waals surface area contributed by atoms with E-state index in [1.165, 1.54) is 218 Å². The molecular weight excluding hydrogens is 663 g/mol. The van der Waals surface area contributed by atoms with E-state index in [9.17, 15) is 15.0 Å². The predicted octanol–water partition coefficient (Wildman–Crippen LogP) is 15.6. The summed E-state index contributed by atoms with van der Waals surface area (Å²) in [5.41, 5.74) is 0. The monoisotopic (exact) mass is 760 g/mol. The molecule has 2 atom stereocenters. The Morgan fingerprint density at radius 2 is 0.722 bits per heavy atom. The number of carbonyl (C=O) groups is 1. The van der Waals surface area contributed by atoms with Crippen LogP contribution in [0.5, 0.6) is 0 Å². The first kappa shape index (κ1) is 52.9. The highest BCUT2D eigenvalue weighted by molar-refractivity contribution is 5.76. The molecule has 0 aromatic rings. The number of carbonyl (C=O) groups excluding carboxylic acids is 1. The summed E-state index contributed by atoms with van der Waals surface area (Å²) in [5, 5.41) is 23.0. The minimum Gasteiger partial charge on any atom is -0.394 e. The topological polar surface area (TPSA) is 69.6 Å². The van der Waals surface area contributed by atoms with Crippen LogP contribution in [-0.2, 0) is 4.79 Å². The van der Waals surface area contributed by atoms with Crippen LogP contribution in [0.15, 0.2) is 24.3 Å². The maximum atomic E-state index is 12.4. The van der Waals surface area contributed by atoms with Crippen LogP contribution in [0.2, 0.25) is 0 Å². The zero-order chi connectivity index (χ0) is 39.3. The number of hydrogen-bond acceptors (Lipinski definition) is 3. The smallest absolute Gasteiger partial charge is 0.220 e. The molecule has 0 spiro atoms. The molecule has 0 aliphatic rings. The summed E-state index contributed by atoms with van der Waals surface area (Å²) in [4.78, 5) is 12.4. The zero-order valence-electron chi connectivity index (χ0n) is 36.8. The Bertz CT molecular complexity index is 780. The van der Waals surface area contributed by atoms with Crippen LogP contribution in [-0.4, -0.2) is 34.9 Å². The van der Waals surface area contributed by atoms with E-state index >= 15 is 0 Å². The van der Waals surface area contributed by atoms with E-state index in [1.807, 2.05) is 6.08 Å². The van der Waals surface area contributed by atoms with Crippen molar-refractivity contribution >= 4 is 5.91 Å². The van der Waals surface area contributed by atoms with Gasteiger partial charge in [-0.2, -0.15) is 0 Å². The molecule has 3 N–H and O–H groups in total. The average Bonchev–Trinajstić information content (AvgIpc) is 3.18. The fourth-order valence-corrected chi connectivity index (χ4v) is 7.67. The summed E-state index contributed by atoms with van der Waals surface area (Å²) >= 11 is 0. The highest BCUT2D eigenvalue weighted by Gasteiger charge is 2.17. The van der Waals surface area contributed by atoms with Crippen molar-refractivity contribution in [1.82, 2.24) is 5.32 Å². The maximum absolute atomic E-state index is 12.4. The summed E-state index contributed by atoms with van der Waals surface area (Å²) < 4.78 is 0. The van der Waals surface area contributed by atoms with E-state index in [4.69, 9.17) is 0 Å². The van der Waals surface area contributed by atoms with Gasteiger partial charge in [-0.15, -0.1) is 0 Å². The fourth-order valence-electron chi connectivity index (χ4n) is 7.67. The lowest BCUT2D eigenvalue weighted by molar-refractivity contribution is -0.123. The van der Waals surface area contributed by atoms with E-state index in [0.717, 1.165) is 32.1 Å². The van der Waals surface area contributed by atoms with Crippen molar-refractivity contribution in [1.29, 1.82) is 0 Å². The molecule has 0 aliphatic heterocycles. The number of nitrogens with one attached hydrogen (secondary N) is 1. The van der Waals surface area contributed by atoms with Gasteiger partial charge in [-0.1, -0.05) is 256 Å². The third-order valence-corrected chi connectivity index (χ3v) is 11.4. The molecule has 0 rings (SSSR count). The summed E-state index contributed by atoms with van der Waals surface area (Å²) in [6, 6.07) is -0.635. The lowest BCUT2D eigenvalue weighted by Crippen LogP contribution is -2.45. The van der Waals surface area contributed by atoms with Crippen LogP contribution in [0.4, 0.5) is 0 Å². The standard InChI is InChI=1S/C50H97NO3/c1-3-5-7-9-11-13-15-17-19-21-22-23-24-25-26-27-28-29-30-31-33-35-37-39-41-43-45-49(53)48(47-52)51-50(54)46-44-42-40-38-36-34-32-20-18-16-14-12-10-8-6-4-2/h35,37,43,45,48-49,52-53H,3-34,36,38-42,44,46-47H2,1-2H3,(H,51,54)/b37-35+,45-43+. The molecule has 0 heterocycles. The first-order valence-corrected chi connectivity index (χ1v) is 24.6. The van der Waals surface area contributed by atoms with Gasteiger partial charge < -0.3 is 15.5 Å². The van der Waals surface area contributed by atoms with Crippen LogP contribution in [0.3, 0.4) is 0 Å². The van der Waals surface area contributed by atoms with E-state index in [2.05, 4.69) is 31.3 Å². The average molecular weight is 760 g/mol. The number of hydrogen-bond donors (Lipinski definition) is 3. The molecule has 1 amide bonds. The first-order chi connectivity index (χ1) is 26.7. The van der Waals surface area contributed by atoms with Crippen LogP contribution in [0.1, 0.15) is 271 Å². The Morgan fingerprint density at radius 1 is 0.426 bits per heavy atom. The second kappa shape index (κ2) is 46.3. The lowest BCUT2D eigenvalue weighted by atomic mass is 10.0. The number of unbranched alkanes of at least 4 members (excludes halogenated alkanes) is 36. The van der Waals surface area contributed by atoms with Crippen LogP contribution in [0.25, 0.3) is 0 Å². The molecule has 0 bridgehead atoms. The van der Waals surface area contributed by atoms with Gasteiger partial charge in [0.25, 0.3) is 0 Å². The van der Waals surface area contributed by atoms with Gasteiger partial charge in [-0.25, -0.2) is 0 Å². The van der Waals surface area contributed by atoms with Crippen molar-refractivity contribution in [2.45, 2.75) is 283 Å². The molecule has 0 aromatic carbocycles. The molecular formula is C50H97NO3. The van der Waals surface area contributed by atoms with Crippen molar-refractivity contribution in [3.63, 3.8) is 0 Å². The third kappa shape index (κ3) is 42.0. The minimum absolute atomic E-state index is 0.0696. The molecule has 320 valence electrons. The first-order valence-electron chi connectivity index (χ1n) is 24.6. The van der Waals surface area contributed by atoms with Gasteiger partial charge in [-0.3, -0.25) is 4.79 Å². The second-order valence-corrected chi connectivity index (χ2v) is 16.9. The summed E-state index contributed by atoms with van der Waals surface area (Å²) in [6.07, 6.45) is 60.3. The molecule has 54 heavy (non-hydrogen) atoms. The molecule has 4 nitrogen and oxygen atoms in total. The summed E-state index contributed by atoms with van der Waals surface area (Å²) in [7, 11) is 0. The van der Waals surface area contributed by atoms with E-state index in [0.29, 0.717) is 6.42 Å². The summed E-state index contributed by atoms with van der Waals surface area (Å²) in [5.74, 6) is -0.0696. The van der Waals surface area contributed by atoms with Crippen LogP contribution >= 0.6 is 0 Å². The Kier molecular flexibility index (Phi) is 45.3. The van der Waals surface area contributed by atoms with E-state index in [-0.39, 0.29) is 12.5 Å². The largest absolute Gasteiger partial charge is 0.394 e. The third-order valence-electron chi connectivity index (χ3n) is 11.4. The SMILES string of the molecule is CCCCCCCCCCCCCCCCCCCCCC/C=C/CC/C=C/C(O)C(CO)NC(=O)CCCCCCCCCCCCCCCCCC. The number of amides is 1. The van der Waals surface area contributed by atoms with E-state index in [1.54, 1.807) is 6.08 Å². The van der Waals surface area contributed by atoms with Gasteiger partial charge in [0, 0.05) is 6.42 Å². The quantitative estimate of drug-likeness (QED) is 0.0428. The highest BCUT2D eigenvalue weighted by atomic mass is 16.3. The van der Waals surface area contributed by atoms with Gasteiger partial charge in [0.15, 0.2) is 0 Å². The van der Waals surface area contributed by atoms with Crippen molar-refractivity contribution in [2.75, 3.05) is 6.61 Å². The van der Waals surface area contributed by atoms with Gasteiger partial charge in [0.05, 0.1) is 18.8 Å². The van der Waals surface area contributed by atoms with Crippen molar-refractivity contribution in [3.8, 4) is 0 Å². The number of allylic oxidation sites excluding steroid dienone is 3. The molecule has 0 aromatic heterocycles. The molecule has 2 unspecified atom stereocenters. The molecule has 0 aliphatic carbocycles. The van der Waals surface area contributed by atoms with Gasteiger partial charge >= 0.3 is 0 Å². The highest BCUT2D eigenvalue weighted by Crippen LogP contribution is 2.16. The number of aliphatic hydroxyl groups excluding tert-OH is 2. The Hall–Kier alpha value is -1.13. The number of rotatable bonds is 45. The molecule has 0 fully saturated rings. The van der Waals surface area contributed by atoms with Crippen LogP contribution in [0, 0.1) is 0 Å². The molecule has 0 saturated heterocycles. The van der Waals surface area contributed by atoms with Crippen molar-refractivity contribution < 1.29 is 15.0 Å². The normalized spacial score (nSPS) is 13.0. The van der Waals surface area contributed by atoms with E-state index < -0.39 is 12.1 Å². The zero-order valence-corrected chi connectivity index (χ0v) is 36.8. The van der Waals surface area contributed by atoms with Crippen molar-refractivity contribution in [2.24, 2.45) is 0 Å². The predicted molar refractivity (Wildman–Crippen MR) is 239 cm³/mol. The lowest BCUT2D eigenvalue weighted by Gasteiger charge is -2.19. The van der Waals surface area contributed by atoms with Gasteiger partial charge in [-0.05, 0) is 32.1 Å². The second-order valence-electron chi connectivity index (χ2n) is 16.9. The Labute approximate surface area is 339 Å². The Morgan fingerprint density at radius 3 is 1.07 bits per heavy atom. The Balaban J connectivity index is 3.53. The fraction of sp³-hybridized carbons (Fsp3) is 0.900. The maximum Gasteiger partial charge on any atom is 0.220 e. The van der Waals surface area contributed by atoms with Crippen molar-refractivity contribution in [3.05, 3.63) is 24.3 Å². The molecule has 4 heteroatoms. The molecule has 0 saturated carbocycles. The van der Waals surface area contributed by atoms with Gasteiger partial charge in [0.2, 0.25) is 5.91 Å². The summed E-state index contributed by atoms with van der Waals surface area (Å²) in [6.45, 7) is 4.32. The number of aliphatic hydroxyl groups is 2.